The van der Waals surface area contributed by atoms with Crippen molar-refractivity contribution >= 4 is 31.9 Å². The van der Waals surface area contributed by atoms with Gasteiger partial charge in [-0.05, 0) is 40.4 Å². The highest BCUT2D eigenvalue weighted by atomic mass is 79.9. The third kappa shape index (κ3) is 5.30. The topological polar surface area (TPSA) is 83.5 Å². The molecule has 19 heavy (non-hydrogen) atoms. The Bertz CT molecular complexity index is 544. The number of nitrogens with one attached hydrogen (secondary N) is 1. The number of rotatable bonds is 7. The molecule has 1 rings (SSSR count). The molecule has 7 heteroatoms. The van der Waals surface area contributed by atoms with Crippen molar-refractivity contribution in [3.63, 3.8) is 0 Å². The predicted octanol–water partition coefficient (Wildman–Crippen LogP) is 2.23. The van der Waals surface area contributed by atoms with Crippen LogP contribution in [0.4, 0.5) is 0 Å². The van der Waals surface area contributed by atoms with Gasteiger partial charge in [-0.2, -0.15) is 0 Å². The summed E-state index contributed by atoms with van der Waals surface area (Å²) in [6.45, 7) is 2.03. The fourth-order valence-corrected chi connectivity index (χ4v) is 3.63. The van der Waals surface area contributed by atoms with Gasteiger partial charge in [-0.1, -0.05) is 19.1 Å². The molecule has 0 aliphatic carbocycles. The van der Waals surface area contributed by atoms with Gasteiger partial charge < -0.3 is 5.11 Å². The van der Waals surface area contributed by atoms with Crippen LogP contribution in [0.1, 0.15) is 19.8 Å². The van der Waals surface area contributed by atoms with E-state index in [2.05, 4.69) is 20.7 Å². The van der Waals surface area contributed by atoms with Crippen LogP contribution < -0.4 is 4.72 Å². The number of carbonyl (C=O) groups is 1. The highest BCUT2D eigenvalue weighted by Crippen LogP contribution is 2.21. The average Bonchev–Trinajstić information content (AvgIpc) is 2.34. The van der Waals surface area contributed by atoms with Crippen LogP contribution in [0.15, 0.2) is 33.6 Å². The smallest absolute Gasteiger partial charge is 0.303 e. The number of carboxylic acids is 1. The Morgan fingerprint density at radius 1 is 1.42 bits per heavy atom. The summed E-state index contributed by atoms with van der Waals surface area (Å²) in [7, 11) is -3.57. The lowest BCUT2D eigenvalue weighted by Crippen LogP contribution is -2.29. The van der Waals surface area contributed by atoms with Crippen LogP contribution in [-0.2, 0) is 14.8 Å². The van der Waals surface area contributed by atoms with Crippen LogP contribution in [0.3, 0.4) is 0 Å². The number of hydrogen-bond donors (Lipinski definition) is 2. The summed E-state index contributed by atoms with van der Waals surface area (Å²) in [6.07, 6.45) is 0.478. The number of sulfonamides is 1. The number of halogens is 1. The van der Waals surface area contributed by atoms with E-state index in [1.807, 2.05) is 6.92 Å². The van der Waals surface area contributed by atoms with E-state index in [0.29, 0.717) is 10.9 Å². The van der Waals surface area contributed by atoms with Gasteiger partial charge in [0.2, 0.25) is 10.0 Å². The first-order valence-corrected chi connectivity index (χ1v) is 8.06. The molecule has 0 aliphatic rings. The molecule has 0 radical (unpaired) electrons. The molecule has 0 aliphatic heterocycles. The van der Waals surface area contributed by atoms with Crippen molar-refractivity contribution in [2.45, 2.75) is 24.7 Å². The van der Waals surface area contributed by atoms with Crippen molar-refractivity contribution in [1.29, 1.82) is 0 Å². The summed E-state index contributed by atoms with van der Waals surface area (Å²) in [5, 5.41) is 8.56. The Labute approximate surface area is 121 Å². The number of carboxylic acid groups (broad SMARTS) is 1. The zero-order valence-electron chi connectivity index (χ0n) is 10.5. The molecule has 0 fully saturated rings. The summed E-state index contributed by atoms with van der Waals surface area (Å²) < 4.78 is 27.1. The van der Waals surface area contributed by atoms with Crippen molar-refractivity contribution < 1.29 is 18.3 Å². The van der Waals surface area contributed by atoms with Gasteiger partial charge in [0, 0.05) is 17.4 Å². The van der Waals surface area contributed by atoms with Gasteiger partial charge in [0.25, 0.3) is 0 Å². The van der Waals surface area contributed by atoms with Crippen LogP contribution in [0.2, 0.25) is 0 Å². The maximum atomic E-state index is 12.0. The zero-order valence-corrected chi connectivity index (χ0v) is 12.9. The highest BCUT2D eigenvalue weighted by molar-refractivity contribution is 9.10. The molecular formula is C12H16BrNO4S. The van der Waals surface area contributed by atoms with E-state index < -0.39 is 16.0 Å². The van der Waals surface area contributed by atoms with E-state index in [-0.39, 0.29) is 23.8 Å². The van der Waals surface area contributed by atoms with Crippen molar-refractivity contribution in [2.24, 2.45) is 5.92 Å². The van der Waals surface area contributed by atoms with Gasteiger partial charge in [-0.25, -0.2) is 13.1 Å². The SMILES string of the molecule is CC(CCC(=O)O)CNS(=O)(=O)c1ccccc1Br. The quantitative estimate of drug-likeness (QED) is 0.790. The van der Waals surface area contributed by atoms with Crippen molar-refractivity contribution in [3.8, 4) is 0 Å². The lowest BCUT2D eigenvalue weighted by molar-refractivity contribution is -0.137. The Kier molecular flexibility index (Phi) is 5.96. The van der Waals surface area contributed by atoms with Crippen LogP contribution in [0.5, 0.6) is 0 Å². The molecule has 0 aromatic heterocycles. The minimum atomic E-state index is -3.57. The largest absolute Gasteiger partial charge is 0.481 e. The van der Waals surface area contributed by atoms with Gasteiger partial charge in [-0.15, -0.1) is 0 Å². The fourth-order valence-electron chi connectivity index (χ4n) is 1.46. The first kappa shape index (κ1) is 16.1. The fraction of sp³-hybridized carbons (Fsp3) is 0.417. The van der Waals surface area contributed by atoms with Crippen LogP contribution in [0, 0.1) is 5.92 Å². The standard InChI is InChI=1S/C12H16BrNO4S/c1-9(6-7-12(15)16)8-14-19(17,18)11-5-3-2-4-10(11)13/h2-5,9,14H,6-8H2,1H3,(H,15,16). The van der Waals surface area contributed by atoms with E-state index >= 15 is 0 Å². The molecule has 5 nitrogen and oxygen atoms in total. The zero-order chi connectivity index (χ0) is 14.5. The second-order valence-electron chi connectivity index (χ2n) is 4.32. The molecule has 0 saturated heterocycles. The third-order valence-electron chi connectivity index (χ3n) is 2.60. The molecule has 0 saturated carbocycles. The first-order chi connectivity index (χ1) is 8.83. The molecule has 106 valence electrons. The molecule has 0 spiro atoms. The monoisotopic (exact) mass is 349 g/mol. The van der Waals surface area contributed by atoms with E-state index in [4.69, 9.17) is 5.11 Å². The summed E-state index contributed by atoms with van der Waals surface area (Å²) >= 11 is 3.19. The molecule has 1 aromatic carbocycles. The first-order valence-electron chi connectivity index (χ1n) is 5.79. The van der Waals surface area contributed by atoms with Crippen molar-refractivity contribution in [2.75, 3.05) is 6.54 Å². The summed E-state index contributed by atoms with van der Waals surface area (Å²) in [5.74, 6) is -0.908. The van der Waals surface area contributed by atoms with Crippen molar-refractivity contribution in [1.82, 2.24) is 4.72 Å². The molecule has 1 aromatic rings. The second-order valence-corrected chi connectivity index (χ2v) is 6.91. The maximum absolute atomic E-state index is 12.0. The number of aliphatic carboxylic acids is 1. The predicted molar refractivity (Wildman–Crippen MR) is 75.4 cm³/mol. The van der Waals surface area contributed by atoms with Gasteiger partial charge in [0.1, 0.15) is 0 Å². The van der Waals surface area contributed by atoms with Crippen LogP contribution >= 0.6 is 15.9 Å². The van der Waals surface area contributed by atoms with E-state index in [0.717, 1.165) is 0 Å². The van der Waals surface area contributed by atoms with E-state index in [9.17, 15) is 13.2 Å². The van der Waals surface area contributed by atoms with E-state index in [1.165, 1.54) is 6.07 Å². The summed E-state index contributed by atoms with van der Waals surface area (Å²) in [5.41, 5.74) is 0. The lowest BCUT2D eigenvalue weighted by Gasteiger charge is -2.12. The van der Waals surface area contributed by atoms with Gasteiger partial charge in [0.05, 0.1) is 4.90 Å². The molecule has 0 bridgehead atoms. The molecular weight excluding hydrogens is 334 g/mol. The summed E-state index contributed by atoms with van der Waals surface area (Å²) in [4.78, 5) is 10.6. The van der Waals surface area contributed by atoms with Crippen molar-refractivity contribution in [3.05, 3.63) is 28.7 Å². The van der Waals surface area contributed by atoms with E-state index in [1.54, 1.807) is 18.2 Å². The van der Waals surface area contributed by atoms with Gasteiger partial charge >= 0.3 is 5.97 Å². The normalized spacial score (nSPS) is 13.2. The lowest BCUT2D eigenvalue weighted by atomic mass is 10.1. The minimum Gasteiger partial charge on any atom is -0.481 e. The highest BCUT2D eigenvalue weighted by Gasteiger charge is 2.17. The Hall–Kier alpha value is -0.920. The van der Waals surface area contributed by atoms with Gasteiger partial charge in [-0.3, -0.25) is 4.79 Å². The molecule has 1 unspecified atom stereocenters. The van der Waals surface area contributed by atoms with Crippen LogP contribution in [0.25, 0.3) is 0 Å². The molecule has 2 N–H and O–H groups in total. The Morgan fingerprint density at radius 2 is 2.05 bits per heavy atom. The third-order valence-corrected chi connectivity index (χ3v) is 5.03. The minimum absolute atomic E-state index is 0.0339. The second kappa shape index (κ2) is 7.02. The van der Waals surface area contributed by atoms with Crippen LogP contribution in [-0.4, -0.2) is 26.0 Å². The number of benzene rings is 1. The molecule has 0 amide bonds. The molecule has 0 heterocycles. The maximum Gasteiger partial charge on any atom is 0.303 e. The number of hydrogen-bond acceptors (Lipinski definition) is 3. The Balaban J connectivity index is 2.61. The Morgan fingerprint density at radius 3 is 2.63 bits per heavy atom. The molecule has 1 atom stereocenters. The van der Waals surface area contributed by atoms with Gasteiger partial charge in [0.15, 0.2) is 0 Å². The average molecular weight is 350 g/mol. The summed E-state index contributed by atoms with van der Waals surface area (Å²) in [6, 6.07) is 6.54.